The molecule has 0 heterocycles. The third-order valence-corrected chi connectivity index (χ3v) is 3.28. The smallest absolute Gasteiger partial charge is 0.0535 e. The van der Waals surface area contributed by atoms with Crippen LogP contribution in [0.3, 0.4) is 0 Å². The van der Waals surface area contributed by atoms with E-state index < -0.39 is 0 Å². The largest absolute Gasteiger partial charge is 0.384 e. The number of methoxy groups -OCH3 is 1. The minimum Gasteiger partial charge on any atom is -0.384 e. The molecular formula is C8H15ClO. The lowest BCUT2D eigenvalue weighted by molar-refractivity contribution is 0.133. The van der Waals surface area contributed by atoms with Crippen LogP contribution in [0.2, 0.25) is 0 Å². The van der Waals surface area contributed by atoms with Crippen LogP contribution in [0.15, 0.2) is 0 Å². The molecule has 60 valence electrons. The minimum absolute atomic E-state index is 0.281. The lowest BCUT2D eigenvalue weighted by Crippen LogP contribution is -2.17. The van der Waals surface area contributed by atoms with Crippen molar-refractivity contribution in [1.29, 1.82) is 0 Å². The van der Waals surface area contributed by atoms with Crippen molar-refractivity contribution in [2.75, 3.05) is 19.6 Å². The Labute approximate surface area is 67.7 Å². The Morgan fingerprint density at radius 2 is 2.00 bits per heavy atom. The van der Waals surface area contributed by atoms with Crippen molar-refractivity contribution in [2.45, 2.75) is 20.3 Å². The Morgan fingerprint density at radius 3 is 2.10 bits per heavy atom. The standard InChI is InChI=1S/C8H15ClO/c1-7(2)4-8(7,5-9)6-10-3/h4-6H2,1-3H3. The zero-order valence-corrected chi connectivity index (χ0v) is 7.66. The van der Waals surface area contributed by atoms with Gasteiger partial charge in [-0.25, -0.2) is 0 Å². The van der Waals surface area contributed by atoms with E-state index in [-0.39, 0.29) is 5.41 Å². The van der Waals surface area contributed by atoms with E-state index in [1.165, 1.54) is 6.42 Å². The molecule has 0 bridgehead atoms. The predicted molar refractivity (Wildman–Crippen MR) is 43.4 cm³/mol. The van der Waals surface area contributed by atoms with E-state index in [2.05, 4.69) is 13.8 Å². The molecule has 2 heteroatoms. The molecule has 1 atom stereocenters. The van der Waals surface area contributed by atoms with Crippen LogP contribution in [-0.4, -0.2) is 19.6 Å². The van der Waals surface area contributed by atoms with Crippen molar-refractivity contribution >= 4 is 11.6 Å². The number of rotatable bonds is 3. The molecule has 0 aromatic rings. The van der Waals surface area contributed by atoms with Gasteiger partial charge in [0.25, 0.3) is 0 Å². The van der Waals surface area contributed by atoms with Gasteiger partial charge < -0.3 is 4.74 Å². The number of alkyl halides is 1. The maximum atomic E-state index is 5.84. The SMILES string of the molecule is COCC1(CCl)CC1(C)C. The summed E-state index contributed by atoms with van der Waals surface area (Å²) in [6.07, 6.45) is 1.21. The normalized spacial score (nSPS) is 36.0. The molecule has 1 aliphatic carbocycles. The maximum Gasteiger partial charge on any atom is 0.0535 e. The second-order valence-corrected chi connectivity index (χ2v) is 4.17. The van der Waals surface area contributed by atoms with Gasteiger partial charge in [0, 0.05) is 18.4 Å². The van der Waals surface area contributed by atoms with Crippen LogP contribution in [0.1, 0.15) is 20.3 Å². The first-order valence-corrected chi connectivity index (χ1v) is 4.16. The first-order valence-electron chi connectivity index (χ1n) is 3.63. The van der Waals surface area contributed by atoms with Crippen LogP contribution in [0.4, 0.5) is 0 Å². The highest BCUT2D eigenvalue weighted by Crippen LogP contribution is 2.63. The lowest BCUT2D eigenvalue weighted by atomic mass is 9.99. The van der Waals surface area contributed by atoms with Gasteiger partial charge in [-0.05, 0) is 11.8 Å². The van der Waals surface area contributed by atoms with Crippen molar-refractivity contribution in [2.24, 2.45) is 10.8 Å². The van der Waals surface area contributed by atoms with E-state index in [1.54, 1.807) is 7.11 Å². The summed E-state index contributed by atoms with van der Waals surface area (Å²) in [6.45, 7) is 5.30. The van der Waals surface area contributed by atoms with Crippen LogP contribution in [0.25, 0.3) is 0 Å². The highest BCUT2D eigenvalue weighted by Gasteiger charge is 2.60. The predicted octanol–water partition coefficient (Wildman–Crippen LogP) is 2.29. The topological polar surface area (TPSA) is 9.23 Å². The molecule has 0 amide bonds. The average Bonchev–Trinajstić information content (AvgIpc) is 2.37. The summed E-state index contributed by atoms with van der Waals surface area (Å²) in [5, 5.41) is 0. The molecule has 10 heavy (non-hydrogen) atoms. The number of halogens is 1. The summed E-state index contributed by atoms with van der Waals surface area (Å²) in [5.74, 6) is 0.730. The summed E-state index contributed by atoms with van der Waals surface area (Å²) < 4.78 is 5.11. The van der Waals surface area contributed by atoms with Crippen molar-refractivity contribution < 1.29 is 4.74 Å². The molecule has 0 N–H and O–H groups in total. The number of hydrogen-bond donors (Lipinski definition) is 0. The van der Waals surface area contributed by atoms with Gasteiger partial charge in [-0.1, -0.05) is 13.8 Å². The average molecular weight is 163 g/mol. The van der Waals surface area contributed by atoms with Crippen LogP contribution in [0, 0.1) is 10.8 Å². The Kier molecular flexibility index (Phi) is 1.99. The second kappa shape index (κ2) is 2.38. The lowest BCUT2D eigenvalue weighted by Gasteiger charge is -2.15. The Hall–Kier alpha value is 0.250. The highest BCUT2D eigenvalue weighted by atomic mass is 35.5. The summed E-state index contributed by atoms with van der Waals surface area (Å²) in [6, 6.07) is 0. The monoisotopic (exact) mass is 162 g/mol. The Balaban J connectivity index is 2.50. The van der Waals surface area contributed by atoms with E-state index in [4.69, 9.17) is 16.3 Å². The maximum absolute atomic E-state index is 5.84. The molecule has 1 aliphatic rings. The molecule has 1 saturated carbocycles. The Morgan fingerprint density at radius 1 is 1.50 bits per heavy atom. The van der Waals surface area contributed by atoms with Gasteiger partial charge >= 0.3 is 0 Å². The fourth-order valence-electron chi connectivity index (χ4n) is 1.59. The molecule has 0 aromatic heterocycles. The molecule has 0 radical (unpaired) electrons. The van der Waals surface area contributed by atoms with Gasteiger partial charge in [0.2, 0.25) is 0 Å². The van der Waals surface area contributed by atoms with E-state index in [0.29, 0.717) is 5.41 Å². The molecule has 0 saturated heterocycles. The first kappa shape index (κ1) is 8.35. The van der Waals surface area contributed by atoms with Crippen LogP contribution in [-0.2, 0) is 4.74 Å². The van der Waals surface area contributed by atoms with Gasteiger partial charge in [-0.3, -0.25) is 0 Å². The summed E-state index contributed by atoms with van der Waals surface area (Å²) in [4.78, 5) is 0. The highest BCUT2D eigenvalue weighted by molar-refractivity contribution is 6.18. The van der Waals surface area contributed by atoms with Crippen molar-refractivity contribution in [3.63, 3.8) is 0 Å². The van der Waals surface area contributed by atoms with Gasteiger partial charge in [-0.2, -0.15) is 0 Å². The van der Waals surface area contributed by atoms with E-state index >= 15 is 0 Å². The first-order chi connectivity index (χ1) is 4.58. The number of hydrogen-bond acceptors (Lipinski definition) is 1. The fraction of sp³-hybridized carbons (Fsp3) is 1.00. The Bertz CT molecular complexity index is 133. The molecule has 0 aromatic carbocycles. The van der Waals surface area contributed by atoms with Gasteiger partial charge in [-0.15, -0.1) is 11.6 Å². The van der Waals surface area contributed by atoms with E-state index in [9.17, 15) is 0 Å². The summed E-state index contributed by atoms with van der Waals surface area (Å²) in [7, 11) is 1.74. The van der Waals surface area contributed by atoms with Crippen LogP contribution >= 0.6 is 11.6 Å². The van der Waals surface area contributed by atoms with Crippen LogP contribution < -0.4 is 0 Å². The molecule has 0 aliphatic heterocycles. The third kappa shape index (κ3) is 1.06. The van der Waals surface area contributed by atoms with Gasteiger partial charge in [0.05, 0.1) is 6.61 Å². The summed E-state index contributed by atoms with van der Waals surface area (Å²) in [5.41, 5.74) is 0.689. The van der Waals surface area contributed by atoms with Crippen LogP contribution in [0.5, 0.6) is 0 Å². The molecule has 1 nitrogen and oxygen atoms in total. The molecule has 1 rings (SSSR count). The zero-order valence-electron chi connectivity index (χ0n) is 6.91. The quantitative estimate of drug-likeness (QED) is 0.579. The van der Waals surface area contributed by atoms with Gasteiger partial charge in [0.15, 0.2) is 0 Å². The zero-order chi connectivity index (χ0) is 7.83. The molecule has 0 spiro atoms. The summed E-state index contributed by atoms with van der Waals surface area (Å²) >= 11 is 5.84. The van der Waals surface area contributed by atoms with Crippen molar-refractivity contribution in [3.8, 4) is 0 Å². The van der Waals surface area contributed by atoms with E-state index in [0.717, 1.165) is 12.5 Å². The second-order valence-electron chi connectivity index (χ2n) is 3.91. The molecule has 1 unspecified atom stereocenters. The van der Waals surface area contributed by atoms with Crippen molar-refractivity contribution in [3.05, 3.63) is 0 Å². The minimum atomic E-state index is 0.281. The fourth-order valence-corrected chi connectivity index (χ4v) is 2.12. The van der Waals surface area contributed by atoms with E-state index in [1.807, 2.05) is 0 Å². The number of ether oxygens (including phenoxy) is 1. The molecular weight excluding hydrogens is 148 g/mol. The molecule has 1 fully saturated rings. The third-order valence-electron chi connectivity index (χ3n) is 2.77. The van der Waals surface area contributed by atoms with Crippen molar-refractivity contribution in [1.82, 2.24) is 0 Å². The van der Waals surface area contributed by atoms with Gasteiger partial charge in [0.1, 0.15) is 0 Å².